The molecule has 3 rings (SSSR count). The minimum absolute atomic E-state index is 0.00326. The van der Waals surface area contributed by atoms with Gasteiger partial charge in [-0.05, 0) is 53.0 Å². The molecule has 0 saturated carbocycles. The first kappa shape index (κ1) is 14.1. The van der Waals surface area contributed by atoms with Crippen molar-refractivity contribution in [1.82, 2.24) is 0 Å². The molecule has 0 radical (unpaired) electrons. The van der Waals surface area contributed by atoms with Gasteiger partial charge in [0.05, 0.1) is 17.9 Å². The van der Waals surface area contributed by atoms with Crippen molar-refractivity contribution < 1.29 is 9.53 Å². The van der Waals surface area contributed by atoms with E-state index in [1.54, 1.807) is 0 Å². The van der Waals surface area contributed by atoms with Crippen molar-refractivity contribution in [2.24, 2.45) is 0 Å². The highest BCUT2D eigenvalue weighted by molar-refractivity contribution is 9.10. The monoisotopic (exact) mass is 345 g/mol. The third-order valence-corrected chi connectivity index (χ3v) is 4.66. The normalized spacial score (nSPS) is 14.1. The molecule has 1 heterocycles. The number of benzene rings is 2. The van der Waals surface area contributed by atoms with E-state index in [9.17, 15) is 4.79 Å². The summed E-state index contributed by atoms with van der Waals surface area (Å²) in [5, 5.41) is 0. The Kier molecular flexibility index (Phi) is 3.97. The standard InChI is InChI=1S/C17H16BrNO2/c1-12-6-4-7-13(16(12)18)17(20)19-10-5-11-21-15-9-3-2-8-14(15)19/h2-4,6-9H,5,10-11H2,1H3. The highest BCUT2D eigenvalue weighted by Gasteiger charge is 2.24. The Morgan fingerprint density at radius 1 is 1.19 bits per heavy atom. The lowest BCUT2D eigenvalue weighted by molar-refractivity contribution is 0.0986. The number of anilines is 1. The van der Waals surface area contributed by atoms with Gasteiger partial charge in [-0.25, -0.2) is 0 Å². The number of carbonyl (C=O) groups excluding carboxylic acids is 1. The average Bonchev–Trinajstić information content (AvgIpc) is 2.72. The predicted molar refractivity (Wildman–Crippen MR) is 87.1 cm³/mol. The molecule has 0 aromatic heterocycles. The number of nitrogens with zero attached hydrogens (tertiary/aromatic N) is 1. The Morgan fingerprint density at radius 2 is 2.00 bits per heavy atom. The predicted octanol–water partition coefficient (Wildman–Crippen LogP) is 4.19. The molecule has 0 saturated heterocycles. The zero-order valence-electron chi connectivity index (χ0n) is 11.8. The van der Waals surface area contributed by atoms with E-state index >= 15 is 0 Å². The van der Waals surface area contributed by atoms with Gasteiger partial charge in [-0.3, -0.25) is 4.79 Å². The van der Waals surface area contributed by atoms with Crippen LogP contribution < -0.4 is 9.64 Å². The second kappa shape index (κ2) is 5.90. The minimum atomic E-state index is 0.00326. The summed E-state index contributed by atoms with van der Waals surface area (Å²) in [5.41, 5.74) is 2.58. The lowest BCUT2D eigenvalue weighted by Crippen LogP contribution is -2.31. The minimum Gasteiger partial charge on any atom is -0.491 e. The van der Waals surface area contributed by atoms with Crippen molar-refractivity contribution in [3.05, 3.63) is 58.1 Å². The van der Waals surface area contributed by atoms with E-state index in [0.29, 0.717) is 18.7 Å². The third kappa shape index (κ3) is 2.68. The molecule has 0 atom stereocenters. The van der Waals surface area contributed by atoms with Crippen LogP contribution in [0.2, 0.25) is 0 Å². The average molecular weight is 346 g/mol. The van der Waals surface area contributed by atoms with Crippen LogP contribution >= 0.6 is 15.9 Å². The molecule has 4 heteroatoms. The lowest BCUT2D eigenvalue weighted by Gasteiger charge is -2.22. The van der Waals surface area contributed by atoms with Gasteiger partial charge in [-0.1, -0.05) is 24.3 Å². The fourth-order valence-electron chi connectivity index (χ4n) is 2.50. The molecular formula is C17H16BrNO2. The summed E-state index contributed by atoms with van der Waals surface area (Å²) in [6, 6.07) is 13.4. The second-order valence-corrected chi connectivity index (χ2v) is 5.86. The van der Waals surface area contributed by atoms with E-state index in [1.165, 1.54) is 0 Å². The molecule has 21 heavy (non-hydrogen) atoms. The summed E-state index contributed by atoms with van der Waals surface area (Å²) >= 11 is 3.53. The quantitative estimate of drug-likeness (QED) is 0.775. The molecule has 3 nitrogen and oxygen atoms in total. The number of fused-ring (bicyclic) bond motifs is 1. The molecule has 0 spiro atoms. The summed E-state index contributed by atoms with van der Waals surface area (Å²) in [5.74, 6) is 0.774. The van der Waals surface area contributed by atoms with Crippen LogP contribution in [0.1, 0.15) is 22.3 Å². The van der Waals surface area contributed by atoms with Gasteiger partial charge in [-0.2, -0.15) is 0 Å². The zero-order valence-corrected chi connectivity index (χ0v) is 13.4. The number of carbonyl (C=O) groups is 1. The van der Waals surface area contributed by atoms with Crippen molar-refractivity contribution in [1.29, 1.82) is 0 Å². The Balaban J connectivity index is 2.03. The lowest BCUT2D eigenvalue weighted by atomic mass is 10.1. The van der Waals surface area contributed by atoms with Gasteiger partial charge < -0.3 is 9.64 Å². The maximum Gasteiger partial charge on any atom is 0.259 e. The van der Waals surface area contributed by atoms with Crippen LogP contribution in [0.4, 0.5) is 5.69 Å². The Morgan fingerprint density at radius 3 is 2.86 bits per heavy atom. The highest BCUT2D eigenvalue weighted by atomic mass is 79.9. The summed E-state index contributed by atoms with van der Waals surface area (Å²) in [7, 11) is 0. The maximum absolute atomic E-state index is 12.9. The number of ether oxygens (including phenoxy) is 1. The first-order valence-corrected chi connectivity index (χ1v) is 7.76. The topological polar surface area (TPSA) is 29.5 Å². The van der Waals surface area contributed by atoms with Gasteiger partial charge in [0.1, 0.15) is 5.75 Å². The largest absolute Gasteiger partial charge is 0.491 e. The summed E-state index contributed by atoms with van der Waals surface area (Å²) in [6.07, 6.45) is 0.823. The van der Waals surface area contributed by atoms with E-state index in [1.807, 2.05) is 54.3 Å². The van der Waals surface area contributed by atoms with Crippen LogP contribution in [-0.2, 0) is 0 Å². The smallest absolute Gasteiger partial charge is 0.259 e. The number of aryl methyl sites for hydroxylation is 1. The van der Waals surface area contributed by atoms with Crippen molar-refractivity contribution >= 4 is 27.5 Å². The molecule has 2 aromatic rings. The number of rotatable bonds is 1. The van der Waals surface area contributed by atoms with Crippen LogP contribution in [-0.4, -0.2) is 19.1 Å². The van der Waals surface area contributed by atoms with Crippen LogP contribution in [0.15, 0.2) is 46.9 Å². The van der Waals surface area contributed by atoms with E-state index in [-0.39, 0.29) is 5.91 Å². The molecule has 108 valence electrons. The van der Waals surface area contributed by atoms with Gasteiger partial charge in [0, 0.05) is 11.0 Å². The molecule has 1 aliphatic rings. The molecular weight excluding hydrogens is 330 g/mol. The van der Waals surface area contributed by atoms with Crippen molar-refractivity contribution in [2.75, 3.05) is 18.1 Å². The molecule has 2 aromatic carbocycles. The number of para-hydroxylation sites is 2. The molecule has 0 aliphatic carbocycles. The van der Waals surface area contributed by atoms with Gasteiger partial charge in [0.15, 0.2) is 0 Å². The van der Waals surface area contributed by atoms with E-state index in [2.05, 4.69) is 15.9 Å². The zero-order chi connectivity index (χ0) is 14.8. The van der Waals surface area contributed by atoms with Crippen LogP contribution in [0.3, 0.4) is 0 Å². The van der Waals surface area contributed by atoms with Crippen LogP contribution in [0.5, 0.6) is 5.75 Å². The Hall–Kier alpha value is -1.81. The van der Waals surface area contributed by atoms with Crippen LogP contribution in [0, 0.1) is 6.92 Å². The maximum atomic E-state index is 12.9. The number of hydrogen-bond acceptors (Lipinski definition) is 2. The second-order valence-electron chi connectivity index (χ2n) is 5.06. The van der Waals surface area contributed by atoms with Gasteiger partial charge in [-0.15, -0.1) is 0 Å². The molecule has 1 aliphatic heterocycles. The fourth-order valence-corrected chi connectivity index (χ4v) is 2.93. The third-order valence-electron chi connectivity index (χ3n) is 3.61. The summed E-state index contributed by atoms with van der Waals surface area (Å²) < 4.78 is 6.57. The Bertz CT molecular complexity index is 684. The van der Waals surface area contributed by atoms with Crippen molar-refractivity contribution in [2.45, 2.75) is 13.3 Å². The molecule has 0 N–H and O–H groups in total. The number of amides is 1. The van der Waals surface area contributed by atoms with E-state index in [0.717, 1.165) is 27.9 Å². The number of halogens is 1. The van der Waals surface area contributed by atoms with Gasteiger partial charge in [0.25, 0.3) is 5.91 Å². The van der Waals surface area contributed by atoms with E-state index in [4.69, 9.17) is 4.74 Å². The van der Waals surface area contributed by atoms with Crippen molar-refractivity contribution in [3.8, 4) is 5.75 Å². The van der Waals surface area contributed by atoms with Gasteiger partial charge >= 0.3 is 0 Å². The molecule has 1 amide bonds. The first-order chi connectivity index (χ1) is 10.2. The molecule has 0 unspecified atom stereocenters. The van der Waals surface area contributed by atoms with Gasteiger partial charge in [0.2, 0.25) is 0 Å². The molecule has 0 fully saturated rings. The number of hydrogen-bond donors (Lipinski definition) is 0. The first-order valence-electron chi connectivity index (χ1n) is 6.97. The highest BCUT2D eigenvalue weighted by Crippen LogP contribution is 2.33. The molecule has 0 bridgehead atoms. The summed E-state index contributed by atoms with van der Waals surface area (Å²) in [4.78, 5) is 14.7. The summed E-state index contributed by atoms with van der Waals surface area (Å²) in [6.45, 7) is 3.28. The van der Waals surface area contributed by atoms with Crippen LogP contribution in [0.25, 0.3) is 0 Å². The van der Waals surface area contributed by atoms with Crippen molar-refractivity contribution in [3.63, 3.8) is 0 Å². The fraction of sp³-hybridized carbons (Fsp3) is 0.235. The Labute approximate surface area is 132 Å². The SMILES string of the molecule is Cc1cccc(C(=O)N2CCCOc3ccccc32)c1Br. The van der Waals surface area contributed by atoms with E-state index < -0.39 is 0 Å².